The van der Waals surface area contributed by atoms with Gasteiger partial charge in [-0.2, -0.15) is 0 Å². The Morgan fingerprint density at radius 1 is 1.29 bits per heavy atom. The number of fused-ring (bicyclic) bond motifs is 1. The molecule has 0 unspecified atom stereocenters. The number of hydrogen-bond donors (Lipinski definition) is 1. The highest BCUT2D eigenvalue weighted by Gasteiger charge is 2.21. The van der Waals surface area contributed by atoms with Gasteiger partial charge < -0.3 is 15.4 Å². The molecule has 112 valence electrons. The molecule has 0 aromatic carbocycles. The molecular formula is C15H21N5O. The molecule has 2 aromatic rings. The zero-order valence-corrected chi connectivity index (χ0v) is 12.3. The predicted octanol–water partition coefficient (Wildman–Crippen LogP) is 1.86. The molecule has 1 aliphatic heterocycles. The van der Waals surface area contributed by atoms with Crippen molar-refractivity contribution in [3.8, 4) is 0 Å². The lowest BCUT2D eigenvalue weighted by molar-refractivity contribution is 0.100. The summed E-state index contributed by atoms with van der Waals surface area (Å²) >= 11 is 0. The number of aromatic nitrogens is 3. The first-order valence-electron chi connectivity index (χ1n) is 7.48. The van der Waals surface area contributed by atoms with Crippen LogP contribution >= 0.6 is 0 Å². The Kier molecular flexibility index (Phi) is 4.15. The smallest absolute Gasteiger partial charge is 0.166 e. The Morgan fingerprint density at radius 3 is 2.86 bits per heavy atom. The number of nitrogens with two attached hydrogens (primary N) is 1. The lowest BCUT2D eigenvalue weighted by Gasteiger charge is -2.33. The van der Waals surface area contributed by atoms with Crippen LogP contribution in [0.3, 0.4) is 0 Å². The van der Waals surface area contributed by atoms with E-state index in [2.05, 4.69) is 19.9 Å². The van der Waals surface area contributed by atoms with Crippen LogP contribution < -0.4 is 10.6 Å². The molecule has 0 atom stereocenters. The highest BCUT2D eigenvalue weighted by Crippen LogP contribution is 2.27. The molecule has 0 amide bonds. The van der Waals surface area contributed by atoms with Crippen molar-refractivity contribution in [2.75, 3.05) is 36.9 Å². The summed E-state index contributed by atoms with van der Waals surface area (Å²) in [6.45, 7) is 5.69. The first-order valence-corrected chi connectivity index (χ1v) is 7.48. The maximum absolute atomic E-state index is 5.72. The summed E-state index contributed by atoms with van der Waals surface area (Å²) in [5.74, 6) is 2.10. The molecule has 21 heavy (non-hydrogen) atoms. The summed E-state index contributed by atoms with van der Waals surface area (Å²) in [4.78, 5) is 15.2. The molecule has 1 fully saturated rings. The number of rotatable bonds is 4. The van der Waals surface area contributed by atoms with E-state index in [1.165, 1.54) is 0 Å². The van der Waals surface area contributed by atoms with Gasteiger partial charge in [0.25, 0.3) is 0 Å². The van der Waals surface area contributed by atoms with Gasteiger partial charge >= 0.3 is 0 Å². The molecule has 6 heteroatoms. The second-order valence-corrected chi connectivity index (χ2v) is 5.39. The third kappa shape index (κ3) is 3.05. The number of nitrogen functional groups attached to an aromatic ring is 1. The van der Waals surface area contributed by atoms with E-state index in [0.717, 1.165) is 50.3 Å². The summed E-state index contributed by atoms with van der Waals surface area (Å²) in [7, 11) is 0. The minimum Gasteiger partial charge on any atom is -0.384 e. The number of anilines is 2. The van der Waals surface area contributed by atoms with Gasteiger partial charge in [0.15, 0.2) is 5.65 Å². The van der Waals surface area contributed by atoms with E-state index >= 15 is 0 Å². The molecular weight excluding hydrogens is 266 g/mol. The quantitative estimate of drug-likeness (QED) is 0.925. The number of piperidine rings is 1. The zero-order chi connectivity index (χ0) is 14.7. The van der Waals surface area contributed by atoms with Gasteiger partial charge in [0.05, 0.1) is 5.39 Å². The maximum atomic E-state index is 5.72. The Labute approximate surface area is 124 Å². The minimum atomic E-state index is 0.488. The van der Waals surface area contributed by atoms with Crippen LogP contribution in [0, 0.1) is 5.92 Å². The van der Waals surface area contributed by atoms with Crippen LogP contribution in [0.15, 0.2) is 18.5 Å². The third-order valence-corrected chi connectivity index (χ3v) is 3.97. The van der Waals surface area contributed by atoms with E-state index in [0.29, 0.717) is 17.4 Å². The van der Waals surface area contributed by atoms with Crippen molar-refractivity contribution < 1.29 is 4.74 Å². The van der Waals surface area contributed by atoms with Gasteiger partial charge in [-0.1, -0.05) is 0 Å². The number of ether oxygens (including phenoxy) is 1. The molecule has 3 rings (SSSR count). The van der Waals surface area contributed by atoms with E-state index in [4.69, 9.17) is 10.5 Å². The van der Waals surface area contributed by atoms with Gasteiger partial charge in [-0.05, 0) is 37.8 Å². The molecule has 1 saturated heterocycles. The van der Waals surface area contributed by atoms with Crippen LogP contribution in [0.25, 0.3) is 11.0 Å². The van der Waals surface area contributed by atoms with Crippen LogP contribution in [0.2, 0.25) is 0 Å². The van der Waals surface area contributed by atoms with E-state index < -0.39 is 0 Å². The van der Waals surface area contributed by atoms with Gasteiger partial charge in [-0.15, -0.1) is 0 Å². The Morgan fingerprint density at radius 2 is 2.10 bits per heavy atom. The standard InChI is InChI=1S/C15H21N5O/c1-2-21-9-11-5-7-20(8-6-11)15-12-3-4-13(16)19-14(12)17-10-18-15/h3-4,10-11H,2,5-9H2,1H3,(H2,16,17,18,19). The van der Waals surface area contributed by atoms with Crippen LogP contribution in [0.4, 0.5) is 11.6 Å². The fourth-order valence-corrected chi connectivity index (χ4v) is 2.79. The monoisotopic (exact) mass is 287 g/mol. The molecule has 0 spiro atoms. The Hall–Kier alpha value is -1.95. The average Bonchev–Trinajstić information content (AvgIpc) is 2.52. The molecule has 0 bridgehead atoms. The van der Waals surface area contributed by atoms with Gasteiger partial charge in [0, 0.05) is 26.3 Å². The van der Waals surface area contributed by atoms with Crippen molar-refractivity contribution in [3.63, 3.8) is 0 Å². The summed E-state index contributed by atoms with van der Waals surface area (Å²) in [6.07, 6.45) is 3.83. The maximum Gasteiger partial charge on any atom is 0.166 e. The molecule has 0 aliphatic carbocycles. The second kappa shape index (κ2) is 6.22. The van der Waals surface area contributed by atoms with Gasteiger partial charge in [0.1, 0.15) is 18.0 Å². The molecule has 0 saturated carbocycles. The van der Waals surface area contributed by atoms with E-state index in [1.807, 2.05) is 13.0 Å². The summed E-state index contributed by atoms with van der Waals surface area (Å²) in [6, 6.07) is 3.76. The first-order chi connectivity index (χ1) is 10.3. The SMILES string of the molecule is CCOCC1CCN(c2ncnc3nc(N)ccc23)CC1. The van der Waals surface area contributed by atoms with Crippen LogP contribution in [-0.4, -0.2) is 41.3 Å². The van der Waals surface area contributed by atoms with Crippen molar-refractivity contribution in [1.82, 2.24) is 15.0 Å². The van der Waals surface area contributed by atoms with E-state index in [9.17, 15) is 0 Å². The lowest BCUT2D eigenvalue weighted by Crippen LogP contribution is -2.35. The number of nitrogens with zero attached hydrogens (tertiary/aromatic N) is 4. The number of pyridine rings is 1. The van der Waals surface area contributed by atoms with E-state index in [1.54, 1.807) is 12.4 Å². The highest BCUT2D eigenvalue weighted by molar-refractivity contribution is 5.87. The van der Waals surface area contributed by atoms with Gasteiger partial charge in [-0.3, -0.25) is 0 Å². The van der Waals surface area contributed by atoms with E-state index in [-0.39, 0.29) is 0 Å². The minimum absolute atomic E-state index is 0.488. The van der Waals surface area contributed by atoms with Crippen molar-refractivity contribution in [1.29, 1.82) is 0 Å². The summed E-state index contributed by atoms with van der Waals surface area (Å²) in [5.41, 5.74) is 6.38. The molecule has 6 nitrogen and oxygen atoms in total. The molecule has 2 N–H and O–H groups in total. The van der Waals surface area contributed by atoms with Crippen molar-refractivity contribution in [2.45, 2.75) is 19.8 Å². The van der Waals surface area contributed by atoms with Crippen LogP contribution in [0.5, 0.6) is 0 Å². The predicted molar refractivity (Wildman–Crippen MR) is 83.2 cm³/mol. The van der Waals surface area contributed by atoms with Crippen molar-refractivity contribution in [3.05, 3.63) is 18.5 Å². The summed E-state index contributed by atoms with van der Waals surface area (Å²) in [5, 5.41) is 0.968. The fraction of sp³-hybridized carbons (Fsp3) is 0.533. The zero-order valence-electron chi connectivity index (χ0n) is 12.3. The van der Waals surface area contributed by atoms with Crippen LogP contribution in [0.1, 0.15) is 19.8 Å². The largest absolute Gasteiger partial charge is 0.384 e. The topological polar surface area (TPSA) is 77.2 Å². The molecule has 3 heterocycles. The lowest BCUT2D eigenvalue weighted by atomic mass is 9.97. The molecule has 0 radical (unpaired) electrons. The van der Waals surface area contributed by atoms with Crippen LogP contribution in [-0.2, 0) is 4.74 Å². The van der Waals surface area contributed by atoms with Gasteiger partial charge in [-0.25, -0.2) is 15.0 Å². The first kappa shape index (κ1) is 14.0. The summed E-state index contributed by atoms with van der Waals surface area (Å²) < 4.78 is 5.53. The number of hydrogen-bond acceptors (Lipinski definition) is 6. The third-order valence-electron chi connectivity index (χ3n) is 3.97. The Balaban J connectivity index is 1.76. The second-order valence-electron chi connectivity index (χ2n) is 5.39. The Bertz CT molecular complexity index is 610. The molecule has 1 aliphatic rings. The normalized spacial score (nSPS) is 16.5. The highest BCUT2D eigenvalue weighted by atomic mass is 16.5. The van der Waals surface area contributed by atoms with Crippen molar-refractivity contribution >= 4 is 22.7 Å². The van der Waals surface area contributed by atoms with Gasteiger partial charge in [0.2, 0.25) is 0 Å². The van der Waals surface area contributed by atoms with Crippen molar-refractivity contribution in [2.24, 2.45) is 5.92 Å². The average molecular weight is 287 g/mol. The fourth-order valence-electron chi connectivity index (χ4n) is 2.79. The molecule has 2 aromatic heterocycles.